The summed E-state index contributed by atoms with van der Waals surface area (Å²) in [6.07, 6.45) is 1.97. The average molecular weight is 352 g/mol. The molecule has 0 radical (unpaired) electrons. The molecule has 0 spiro atoms. The Labute approximate surface area is 130 Å². The van der Waals surface area contributed by atoms with Gasteiger partial charge in [0.25, 0.3) is 5.91 Å². The van der Waals surface area contributed by atoms with Crippen molar-refractivity contribution in [3.05, 3.63) is 44.6 Å². The normalized spacial score (nSPS) is 14.0. The Morgan fingerprint density at radius 3 is 2.95 bits per heavy atom. The van der Waals surface area contributed by atoms with Crippen LogP contribution < -0.4 is 9.64 Å². The van der Waals surface area contributed by atoms with E-state index < -0.39 is 0 Å². The van der Waals surface area contributed by atoms with Gasteiger partial charge in [0.15, 0.2) is 0 Å². The maximum atomic E-state index is 12.8. The van der Waals surface area contributed by atoms with Gasteiger partial charge in [-0.05, 0) is 51.8 Å². The molecule has 104 valence electrons. The van der Waals surface area contributed by atoms with Crippen LogP contribution in [0.25, 0.3) is 0 Å². The summed E-state index contributed by atoms with van der Waals surface area (Å²) < 4.78 is 6.29. The summed E-state index contributed by atoms with van der Waals surface area (Å²) in [5, 5.41) is 1.92. The Hall–Kier alpha value is -1.33. The van der Waals surface area contributed by atoms with E-state index in [2.05, 4.69) is 22.0 Å². The summed E-state index contributed by atoms with van der Waals surface area (Å²) in [7, 11) is 1.65. The van der Waals surface area contributed by atoms with Crippen molar-refractivity contribution >= 4 is 38.9 Å². The lowest BCUT2D eigenvalue weighted by Gasteiger charge is -2.30. The van der Waals surface area contributed by atoms with Crippen LogP contribution in [0.4, 0.5) is 5.69 Å². The van der Waals surface area contributed by atoms with E-state index in [4.69, 9.17) is 4.74 Å². The Balaban J connectivity index is 2.06. The van der Waals surface area contributed by atoms with Gasteiger partial charge in [0.2, 0.25) is 0 Å². The molecule has 0 fully saturated rings. The predicted molar refractivity (Wildman–Crippen MR) is 85.0 cm³/mol. The van der Waals surface area contributed by atoms with Gasteiger partial charge < -0.3 is 9.64 Å². The first-order valence-corrected chi connectivity index (χ1v) is 8.10. The number of hydrogen-bond donors (Lipinski definition) is 0. The largest absolute Gasteiger partial charge is 0.495 e. The lowest BCUT2D eigenvalue weighted by molar-refractivity contribution is 0.0987. The molecule has 1 aromatic carbocycles. The molecule has 3 rings (SSSR count). The van der Waals surface area contributed by atoms with E-state index in [-0.39, 0.29) is 5.91 Å². The zero-order valence-corrected chi connectivity index (χ0v) is 13.5. The van der Waals surface area contributed by atoms with E-state index >= 15 is 0 Å². The highest BCUT2D eigenvalue weighted by Gasteiger charge is 2.28. The number of halogens is 1. The number of amides is 1. The number of benzene rings is 1. The number of nitrogens with zero attached hydrogens (tertiary/aromatic N) is 1. The summed E-state index contributed by atoms with van der Waals surface area (Å²) in [6, 6.07) is 7.87. The number of aryl methyl sites for hydroxylation is 1. The quantitative estimate of drug-likeness (QED) is 0.814. The highest BCUT2D eigenvalue weighted by Crippen LogP contribution is 2.38. The maximum Gasteiger partial charge on any atom is 0.269 e. The summed E-state index contributed by atoms with van der Waals surface area (Å²) in [6.45, 7) is 0.733. The van der Waals surface area contributed by atoms with E-state index in [0.717, 1.165) is 40.2 Å². The van der Waals surface area contributed by atoms with Gasteiger partial charge in [-0.25, -0.2) is 0 Å². The van der Waals surface area contributed by atoms with E-state index in [9.17, 15) is 4.79 Å². The van der Waals surface area contributed by atoms with Gasteiger partial charge >= 0.3 is 0 Å². The minimum absolute atomic E-state index is 0.0392. The molecular weight excluding hydrogens is 338 g/mol. The topological polar surface area (TPSA) is 29.5 Å². The molecule has 0 bridgehead atoms. The summed E-state index contributed by atoms with van der Waals surface area (Å²) >= 11 is 4.90. The molecule has 0 N–H and O–H groups in total. The number of thiophene rings is 1. The van der Waals surface area contributed by atoms with Gasteiger partial charge in [0.1, 0.15) is 10.6 Å². The highest BCUT2D eigenvalue weighted by atomic mass is 79.9. The van der Waals surface area contributed by atoms with Crippen LogP contribution in [0.1, 0.15) is 21.7 Å². The fourth-order valence-corrected chi connectivity index (χ4v) is 4.04. The number of hydrogen-bond acceptors (Lipinski definition) is 3. The first-order chi connectivity index (χ1) is 9.72. The van der Waals surface area contributed by atoms with Crippen molar-refractivity contribution in [3.8, 4) is 5.75 Å². The van der Waals surface area contributed by atoms with Crippen LogP contribution in [0.5, 0.6) is 5.75 Å². The van der Waals surface area contributed by atoms with Gasteiger partial charge in [0, 0.05) is 11.0 Å². The fraction of sp³-hybridized carbons (Fsp3) is 0.267. The number of carbonyl (C=O) groups is 1. The highest BCUT2D eigenvalue weighted by molar-refractivity contribution is 9.10. The molecule has 0 atom stereocenters. The Morgan fingerprint density at radius 2 is 2.25 bits per heavy atom. The minimum Gasteiger partial charge on any atom is -0.495 e. The van der Waals surface area contributed by atoms with Crippen molar-refractivity contribution in [1.82, 2.24) is 0 Å². The maximum absolute atomic E-state index is 12.8. The molecule has 2 heterocycles. The lowest BCUT2D eigenvalue weighted by Crippen LogP contribution is -2.35. The number of carbonyl (C=O) groups excluding carboxylic acids is 1. The Morgan fingerprint density at radius 1 is 1.40 bits per heavy atom. The molecule has 0 aliphatic carbocycles. The third-order valence-corrected chi connectivity index (χ3v) is 5.28. The lowest BCUT2D eigenvalue weighted by atomic mass is 10.0. The molecule has 1 aliphatic heterocycles. The number of anilines is 1. The first kappa shape index (κ1) is 13.6. The smallest absolute Gasteiger partial charge is 0.269 e. The molecule has 2 aromatic rings. The van der Waals surface area contributed by atoms with Gasteiger partial charge in [-0.1, -0.05) is 12.1 Å². The second kappa shape index (κ2) is 5.58. The minimum atomic E-state index is 0.0392. The summed E-state index contributed by atoms with van der Waals surface area (Å²) in [5.74, 6) is 0.806. The third kappa shape index (κ3) is 2.25. The van der Waals surface area contributed by atoms with Crippen LogP contribution in [0, 0.1) is 0 Å². The third-order valence-electron chi connectivity index (χ3n) is 3.46. The SMILES string of the molecule is COc1cccc2c1N(C(=O)c1sccc1Br)CCC2. The molecule has 3 nitrogen and oxygen atoms in total. The molecule has 0 saturated heterocycles. The van der Waals surface area contributed by atoms with Crippen molar-refractivity contribution in [2.24, 2.45) is 0 Å². The van der Waals surface area contributed by atoms with Gasteiger partial charge in [-0.15, -0.1) is 11.3 Å². The monoisotopic (exact) mass is 351 g/mol. The molecular formula is C15H14BrNO2S. The number of para-hydroxylation sites is 1. The predicted octanol–water partition coefficient (Wildman–Crippen LogP) is 4.11. The van der Waals surface area contributed by atoms with E-state index in [1.807, 2.05) is 28.5 Å². The van der Waals surface area contributed by atoms with Crippen molar-refractivity contribution in [2.45, 2.75) is 12.8 Å². The summed E-state index contributed by atoms with van der Waals surface area (Å²) in [4.78, 5) is 15.3. The van der Waals surface area contributed by atoms with Gasteiger partial charge in [-0.3, -0.25) is 4.79 Å². The molecule has 1 aliphatic rings. The van der Waals surface area contributed by atoms with Crippen LogP contribution in [-0.2, 0) is 6.42 Å². The zero-order chi connectivity index (χ0) is 14.1. The van der Waals surface area contributed by atoms with Crippen LogP contribution in [0.3, 0.4) is 0 Å². The van der Waals surface area contributed by atoms with Crippen LogP contribution in [0.15, 0.2) is 34.1 Å². The van der Waals surface area contributed by atoms with E-state index in [1.54, 1.807) is 7.11 Å². The average Bonchev–Trinajstić information content (AvgIpc) is 2.91. The summed E-state index contributed by atoms with van der Waals surface area (Å²) in [5.41, 5.74) is 2.10. The van der Waals surface area contributed by atoms with Crippen molar-refractivity contribution in [2.75, 3.05) is 18.6 Å². The molecule has 20 heavy (non-hydrogen) atoms. The van der Waals surface area contributed by atoms with Crippen molar-refractivity contribution in [3.63, 3.8) is 0 Å². The van der Waals surface area contributed by atoms with Crippen molar-refractivity contribution in [1.29, 1.82) is 0 Å². The van der Waals surface area contributed by atoms with Gasteiger partial charge in [-0.2, -0.15) is 0 Å². The molecule has 0 saturated carbocycles. The van der Waals surface area contributed by atoms with Crippen LogP contribution in [-0.4, -0.2) is 19.6 Å². The van der Waals surface area contributed by atoms with Crippen molar-refractivity contribution < 1.29 is 9.53 Å². The standard InChI is InChI=1S/C15H14BrNO2S/c1-19-12-6-2-4-10-5-3-8-17(13(10)12)15(18)14-11(16)7-9-20-14/h2,4,6-7,9H,3,5,8H2,1H3. The molecule has 0 unspecified atom stereocenters. The molecule has 1 aromatic heterocycles. The van der Waals surface area contributed by atoms with Gasteiger partial charge in [0.05, 0.1) is 12.8 Å². The number of ether oxygens (including phenoxy) is 1. The zero-order valence-electron chi connectivity index (χ0n) is 11.1. The first-order valence-electron chi connectivity index (χ1n) is 6.43. The Kier molecular flexibility index (Phi) is 3.81. The second-order valence-electron chi connectivity index (χ2n) is 4.63. The molecule has 5 heteroatoms. The van der Waals surface area contributed by atoms with Crippen LogP contribution >= 0.6 is 27.3 Å². The van der Waals surface area contributed by atoms with Crippen LogP contribution in [0.2, 0.25) is 0 Å². The Bertz CT molecular complexity index is 639. The van der Waals surface area contributed by atoms with E-state index in [0.29, 0.717) is 0 Å². The van der Waals surface area contributed by atoms with E-state index in [1.165, 1.54) is 16.9 Å². The number of methoxy groups -OCH3 is 1. The molecule has 1 amide bonds. The second-order valence-corrected chi connectivity index (χ2v) is 6.40. The fourth-order valence-electron chi connectivity index (χ4n) is 2.55. The number of fused-ring (bicyclic) bond motifs is 1. The number of rotatable bonds is 2.